The van der Waals surface area contributed by atoms with Crippen LogP contribution in [0.5, 0.6) is 0 Å². The van der Waals surface area contributed by atoms with E-state index in [-0.39, 0.29) is 11.3 Å². The molecule has 0 aliphatic carbocycles. The first-order valence-electron chi connectivity index (χ1n) is 6.43. The van der Waals surface area contributed by atoms with Gasteiger partial charge >= 0.3 is 5.97 Å². The molecule has 22 heavy (non-hydrogen) atoms. The van der Waals surface area contributed by atoms with Crippen molar-refractivity contribution in [1.82, 2.24) is 4.72 Å². The molecule has 0 aliphatic heterocycles. The molecule has 0 aliphatic rings. The van der Waals surface area contributed by atoms with E-state index in [1.54, 1.807) is 6.07 Å². The van der Waals surface area contributed by atoms with Crippen LogP contribution in [0.15, 0.2) is 59.5 Å². The quantitative estimate of drug-likeness (QED) is 0.849. The fraction of sp³-hybridized carbons (Fsp3) is 0.133. The number of nitrogens with one attached hydrogen (secondary N) is 1. The van der Waals surface area contributed by atoms with Crippen LogP contribution >= 0.6 is 0 Å². The second kappa shape index (κ2) is 6.67. The van der Waals surface area contributed by atoms with Crippen LogP contribution in [-0.2, 0) is 21.2 Å². The molecule has 0 spiro atoms. The fourth-order valence-electron chi connectivity index (χ4n) is 1.93. The highest BCUT2D eigenvalue weighted by Crippen LogP contribution is 2.11. The van der Waals surface area contributed by atoms with Crippen LogP contribution in [0.4, 0.5) is 4.39 Å². The van der Waals surface area contributed by atoms with Gasteiger partial charge in [0.2, 0.25) is 10.0 Å². The largest absolute Gasteiger partial charge is 0.480 e. The highest BCUT2D eigenvalue weighted by Gasteiger charge is 2.25. The summed E-state index contributed by atoms with van der Waals surface area (Å²) in [7, 11) is -3.96. The molecule has 0 saturated carbocycles. The van der Waals surface area contributed by atoms with E-state index in [2.05, 4.69) is 4.72 Å². The molecule has 7 heteroatoms. The Hall–Kier alpha value is -2.25. The molecule has 0 heterocycles. The van der Waals surface area contributed by atoms with Crippen LogP contribution in [0.3, 0.4) is 0 Å². The van der Waals surface area contributed by atoms with Crippen molar-refractivity contribution in [2.75, 3.05) is 0 Å². The van der Waals surface area contributed by atoms with Gasteiger partial charge in [0.1, 0.15) is 11.9 Å². The number of benzene rings is 2. The molecule has 5 nitrogen and oxygen atoms in total. The van der Waals surface area contributed by atoms with E-state index in [1.165, 1.54) is 48.5 Å². The fourth-order valence-corrected chi connectivity index (χ4v) is 3.14. The van der Waals surface area contributed by atoms with Crippen molar-refractivity contribution >= 4 is 16.0 Å². The first-order valence-corrected chi connectivity index (χ1v) is 7.91. The standard InChI is InChI=1S/C15H14FNO4S/c16-12-6-4-5-11(9-12)10-14(15(18)19)17-22(20,21)13-7-2-1-3-8-13/h1-9,14,17H,10H2,(H,18,19)/t14-/m0/s1. The van der Waals surface area contributed by atoms with Gasteiger partial charge in [0.15, 0.2) is 0 Å². The number of hydrogen-bond acceptors (Lipinski definition) is 3. The Labute approximate surface area is 127 Å². The Morgan fingerprint density at radius 1 is 1.14 bits per heavy atom. The number of carbonyl (C=O) groups is 1. The Morgan fingerprint density at radius 3 is 2.41 bits per heavy atom. The molecule has 116 valence electrons. The first-order chi connectivity index (χ1) is 10.4. The maximum Gasteiger partial charge on any atom is 0.322 e. The summed E-state index contributed by atoms with van der Waals surface area (Å²) in [5, 5.41) is 9.19. The van der Waals surface area contributed by atoms with Crippen molar-refractivity contribution < 1.29 is 22.7 Å². The molecule has 0 amide bonds. The van der Waals surface area contributed by atoms with Crippen molar-refractivity contribution in [3.63, 3.8) is 0 Å². The van der Waals surface area contributed by atoms with Crippen molar-refractivity contribution in [2.45, 2.75) is 17.4 Å². The van der Waals surface area contributed by atoms with E-state index in [0.29, 0.717) is 5.56 Å². The Morgan fingerprint density at radius 2 is 1.82 bits per heavy atom. The Bertz CT molecular complexity index is 762. The zero-order valence-electron chi connectivity index (χ0n) is 11.4. The third-order valence-electron chi connectivity index (χ3n) is 2.98. The van der Waals surface area contributed by atoms with Crippen LogP contribution in [0.1, 0.15) is 5.56 Å². The molecule has 2 aromatic rings. The molecular weight excluding hydrogens is 309 g/mol. The van der Waals surface area contributed by atoms with E-state index in [1.807, 2.05) is 0 Å². The minimum absolute atomic E-state index is 0.0273. The van der Waals surface area contributed by atoms with Gasteiger partial charge in [-0.2, -0.15) is 4.72 Å². The summed E-state index contributed by atoms with van der Waals surface area (Å²) >= 11 is 0. The molecule has 0 unspecified atom stereocenters. The zero-order chi connectivity index (χ0) is 16.2. The molecule has 1 atom stereocenters. The van der Waals surface area contributed by atoms with Gasteiger partial charge in [-0.3, -0.25) is 4.79 Å². The lowest BCUT2D eigenvalue weighted by atomic mass is 10.1. The summed E-state index contributed by atoms with van der Waals surface area (Å²) in [4.78, 5) is 11.2. The first kappa shape index (κ1) is 16.1. The molecular formula is C15H14FNO4S. The average Bonchev–Trinajstić information content (AvgIpc) is 2.47. The lowest BCUT2D eigenvalue weighted by molar-refractivity contribution is -0.138. The van der Waals surface area contributed by atoms with E-state index < -0.39 is 27.9 Å². The number of hydrogen-bond donors (Lipinski definition) is 2. The minimum atomic E-state index is -3.96. The number of rotatable bonds is 6. The van der Waals surface area contributed by atoms with Gasteiger partial charge in [-0.1, -0.05) is 30.3 Å². The molecule has 0 fully saturated rings. The van der Waals surface area contributed by atoms with Crippen LogP contribution in [0, 0.1) is 5.82 Å². The van der Waals surface area contributed by atoms with Crippen molar-refractivity contribution in [3.05, 3.63) is 66.0 Å². The SMILES string of the molecule is O=C(O)[C@H](Cc1cccc(F)c1)NS(=O)(=O)c1ccccc1. The molecule has 2 aromatic carbocycles. The number of sulfonamides is 1. The third kappa shape index (κ3) is 4.12. The van der Waals surface area contributed by atoms with Crippen LogP contribution in [0.2, 0.25) is 0 Å². The van der Waals surface area contributed by atoms with E-state index in [0.717, 1.165) is 0 Å². The van der Waals surface area contributed by atoms with Crippen LogP contribution in [-0.4, -0.2) is 25.5 Å². The summed E-state index contributed by atoms with van der Waals surface area (Å²) in [5.41, 5.74) is 0.392. The lowest BCUT2D eigenvalue weighted by Gasteiger charge is -2.15. The monoisotopic (exact) mass is 323 g/mol. The average molecular weight is 323 g/mol. The highest BCUT2D eigenvalue weighted by molar-refractivity contribution is 7.89. The maximum atomic E-state index is 13.1. The molecule has 0 saturated heterocycles. The Kier molecular flexibility index (Phi) is 4.89. The molecule has 2 rings (SSSR count). The van der Waals surface area contributed by atoms with Gasteiger partial charge < -0.3 is 5.11 Å². The van der Waals surface area contributed by atoms with Gasteiger partial charge in [0.25, 0.3) is 0 Å². The summed E-state index contributed by atoms with van der Waals surface area (Å²) in [5.74, 6) is -1.84. The van der Waals surface area contributed by atoms with Gasteiger partial charge in [-0.05, 0) is 36.2 Å². The predicted octanol–water partition coefficient (Wildman–Crippen LogP) is 1.80. The van der Waals surface area contributed by atoms with Gasteiger partial charge in [-0.15, -0.1) is 0 Å². The maximum absolute atomic E-state index is 13.1. The van der Waals surface area contributed by atoms with Crippen molar-refractivity contribution in [3.8, 4) is 0 Å². The number of aliphatic carboxylic acids is 1. The van der Waals surface area contributed by atoms with Crippen LogP contribution in [0.25, 0.3) is 0 Å². The normalized spacial score (nSPS) is 12.8. The molecule has 2 N–H and O–H groups in total. The topological polar surface area (TPSA) is 83.5 Å². The van der Waals surface area contributed by atoms with Gasteiger partial charge in [0.05, 0.1) is 4.90 Å². The zero-order valence-corrected chi connectivity index (χ0v) is 12.3. The summed E-state index contributed by atoms with van der Waals surface area (Å²) in [6, 6.07) is 11.5. The third-order valence-corrected chi connectivity index (χ3v) is 4.47. The highest BCUT2D eigenvalue weighted by atomic mass is 32.2. The van der Waals surface area contributed by atoms with Gasteiger partial charge in [-0.25, -0.2) is 12.8 Å². The smallest absolute Gasteiger partial charge is 0.322 e. The summed E-state index contributed by atoms with van der Waals surface area (Å²) in [6.07, 6.45) is -0.154. The van der Waals surface area contributed by atoms with Gasteiger partial charge in [0, 0.05) is 0 Å². The predicted molar refractivity (Wildman–Crippen MR) is 78.3 cm³/mol. The second-order valence-corrected chi connectivity index (χ2v) is 6.37. The van der Waals surface area contributed by atoms with Crippen molar-refractivity contribution in [2.24, 2.45) is 0 Å². The molecule has 0 radical (unpaired) electrons. The Balaban J connectivity index is 2.21. The molecule has 0 bridgehead atoms. The lowest BCUT2D eigenvalue weighted by Crippen LogP contribution is -2.42. The number of carboxylic acid groups (broad SMARTS) is 1. The van der Waals surface area contributed by atoms with Crippen molar-refractivity contribution in [1.29, 1.82) is 0 Å². The van der Waals surface area contributed by atoms with E-state index >= 15 is 0 Å². The van der Waals surface area contributed by atoms with E-state index in [4.69, 9.17) is 0 Å². The van der Waals surface area contributed by atoms with Crippen LogP contribution < -0.4 is 4.72 Å². The summed E-state index contributed by atoms with van der Waals surface area (Å²) < 4.78 is 39.6. The molecule has 0 aromatic heterocycles. The second-order valence-electron chi connectivity index (χ2n) is 4.66. The summed E-state index contributed by atoms with van der Waals surface area (Å²) in [6.45, 7) is 0. The number of carboxylic acids is 1. The number of halogens is 1. The minimum Gasteiger partial charge on any atom is -0.480 e. The van der Waals surface area contributed by atoms with E-state index in [9.17, 15) is 22.7 Å².